The normalized spacial score (nSPS) is 10.7. The van der Waals surface area contributed by atoms with Crippen molar-refractivity contribution < 1.29 is 4.42 Å². The van der Waals surface area contributed by atoms with E-state index < -0.39 is 0 Å². The molecule has 3 rings (SSSR count). The minimum Gasteiger partial charge on any atom is -0.472 e. The smallest absolute Gasteiger partial charge is 0.0947 e. The molecule has 4 nitrogen and oxygen atoms in total. The van der Waals surface area contributed by atoms with E-state index in [2.05, 4.69) is 39.8 Å². The van der Waals surface area contributed by atoms with Gasteiger partial charge in [-0.15, -0.1) is 0 Å². The summed E-state index contributed by atoms with van der Waals surface area (Å²) in [7, 11) is 0. The first-order valence-corrected chi connectivity index (χ1v) is 6.22. The van der Waals surface area contributed by atoms with Gasteiger partial charge < -0.3 is 9.73 Å². The molecule has 0 aliphatic heterocycles. The highest BCUT2D eigenvalue weighted by Gasteiger charge is 1.99. The van der Waals surface area contributed by atoms with Crippen LogP contribution >= 0.6 is 0 Å². The van der Waals surface area contributed by atoms with Crippen molar-refractivity contribution in [2.45, 2.75) is 13.1 Å². The van der Waals surface area contributed by atoms with Crippen LogP contribution in [0.1, 0.15) is 11.1 Å². The SMILES string of the molecule is c1cc(-c2ccc(CNCc3ccoc3)cc2)[nH]n1. The van der Waals surface area contributed by atoms with Crippen molar-refractivity contribution in [1.82, 2.24) is 15.5 Å². The van der Waals surface area contributed by atoms with E-state index >= 15 is 0 Å². The largest absolute Gasteiger partial charge is 0.472 e. The quantitative estimate of drug-likeness (QED) is 0.735. The van der Waals surface area contributed by atoms with Gasteiger partial charge in [0.05, 0.1) is 18.2 Å². The molecule has 19 heavy (non-hydrogen) atoms. The Kier molecular flexibility index (Phi) is 3.42. The fraction of sp³-hybridized carbons (Fsp3) is 0.133. The van der Waals surface area contributed by atoms with E-state index in [1.165, 1.54) is 5.56 Å². The number of nitrogens with one attached hydrogen (secondary N) is 2. The van der Waals surface area contributed by atoms with Crippen LogP contribution in [0, 0.1) is 0 Å². The number of furan rings is 1. The Labute approximate surface area is 111 Å². The molecule has 0 aliphatic rings. The Morgan fingerprint density at radius 2 is 1.84 bits per heavy atom. The van der Waals surface area contributed by atoms with Crippen molar-refractivity contribution in [1.29, 1.82) is 0 Å². The average Bonchev–Trinajstić information content (AvgIpc) is 3.13. The predicted molar refractivity (Wildman–Crippen MR) is 73.3 cm³/mol. The lowest BCUT2D eigenvalue weighted by molar-refractivity contribution is 0.560. The van der Waals surface area contributed by atoms with Gasteiger partial charge in [-0.1, -0.05) is 24.3 Å². The van der Waals surface area contributed by atoms with Gasteiger partial charge in [0.1, 0.15) is 0 Å². The molecule has 0 aliphatic carbocycles. The van der Waals surface area contributed by atoms with Crippen LogP contribution in [-0.4, -0.2) is 10.2 Å². The summed E-state index contributed by atoms with van der Waals surface area (Å²) in [6.07, 6.45) is 5.21. The van der Waals surface area contributed by atoms with Crippen LogP contribution in [0.2, 0.25) is 0 Å². The molecular formula is C15H15N3O. The van der Waals surface area contributed by atoms with Crippen molar-refractivity contribution >= 4 is 0 Å². The third-order valence-electron chi connectivity index (χ3n) is 3.00. The van der Waals surface area contributed by atoms with Gasteiger partial charge in [0.2, 0.25) is 0 Å². The van der Waals surface area contributed by atoms with Crippen molar-refractivity contribution in [3.63, 3.8) is 0 Å². The van der Waals surface area contributed by atoms with Crippen LogP contribution in [0.25, 0.3) is 11.3 Å². The van der Waals surface area contributed by atoms with Gasteiger partial charge in [-0.3, -0.25) is 5.10 Å². The predicted octanol–water partition coefficient (Wildman–Crippen LogP) is 2.96. The third-order valence-corrected chi connectivity index (χ3v) is 3.00. The summed E-state index contributed by atoms with van der Waals surface area (Å²) in [5.74, 6) is 0. The summed E-state index contributed by atoms with van der Waals surface area (Å²) >= 11 is 0. The van der Waals surface area contributed by atoms with Crippen LogP contribution < -0.4 is 5.32 Å². The zero-order valence-electron chi connectivity index (χ0n) is 10.5. The van der Waals surface area contributed by atoms with Gasteiger partial charge in [0.25, 0.3) is 0 Å². The topological polar surface area (TPSA) is 53.9 Å². The van der Waals surface area contributed by atoms with Gasteiger partial charge >= 0.3 is 0 Å². The van der Waals surface area contributed by atoms with E-state index in [-0.39, 0.29) is 0 Å². The monoisotopic (exact) mass is 253 g/mol. The second kappa shape index (κ2) is 5.54. The fourth-order valence-corrected chi connectivity index (χ4v) is 1.96. The Morgan fingerprint density at radius 3 is 2.53 bits per heavy atom. The number of rotatable bonds is 5. The number of aromatic nitrogens is 2. The number of hydrogen-bond acceptors (Lipinski definition) is 3. The maximum atomic E-state index is 5.02. The molecule has 2 aromatic heterocycles. The highest BCUT2D eigenvalue weighted by Crippen LogP contribution is 2.16. The van der Waals surface area contributed by atoms with E-state index in [0.29, 0.717) is 0 Å². The first-order valence-electron chi connectivity index (χ1n) is 6.22. The maximum absolute atomic E-state index is 5.02. The molecule has 0 radical (unpaired) electrons. The number of benzene rings is 1. The summed E-state index contributed by atoms with van der Waals surface area (Å²) in [6, 6.07) is 12.4. The second-order valence-corrected chi connectivity index (χ2v) is 4.40. The summed E-state index contributed by atoms with van der Waals surface area (Å²) < 4.78 is 5.02. The highest BCUT2D eigenvalue weighted by atomic mass is 16.3. The number of H-pyrrole nitrogens is 1. The molecule has 0 amide bonds. The molecule has 0 fully saturated rings. The molecule has 0 spiro atoms. The van der Waals surface area contributed by atoms with E-state index in [1.807, 2.05) is 12.1 Å². The molecule has 3 aromatic rings. The molecule has 96 valence electrons. The van der Waals surface area contributed by atoms with Crippen LogP contribution in [0.5, 0.6) is 0 Å². The molecule has 0 bridgehead atoms. The summed E-state index contributed by atoms with van der Waals surface area (Å²) in [5, 5.41) is 10.3. The molecule has 0 unspecified atom stereocenters. The first kappa shape index (κ1) is 11.7. The number of hydrogen-bond donors (Lipinski definition) is 2. The lowest BCUT2D eigenvalue weighted by atomic mass is 10.1. The van der Waals surface area contributed by atoms with Crippen molar-refractivity contribution in [2.75, 3.05) is 0 Å². The van der Waals surface area contributed by atoms with Gasteiger partial charge in [0, 0.05) is 24.8 Å². The zero-order valence-corrected chi connectivity index (χ0v) is 10.5. The lowest BCUT2D eigenvalue weighted by Crippen LogP contribution is -2.11. The Balaban J connectivity index is 1.57. The summed E-state index contributed by atoms with van der Waals surface area (Å²) in [4.78, 5) is 0. The van der Waals surface area contributed by atoms with Crippen LogP contribution in [0.4, 0.5) is 0 Å². The van der Waals surface area contributed by atoms with E-state index in [0.717, 1.165) is 29.9 Å². The second-order valence-electron chi connectivity index (χ2n) is 4.40. The van der Waals surface area contributed by atoms with Gasteiger partial charge in [0.15, 0.2) is 0 Å². The van der Waals surface area contributed by atoms with Gasteiger partial charge in [-0.05, 0) is 23.3 Å². The van der Waals surface area contributed by atoms with E-state index in [1.54, 1.807) is 18.7 Å². The third kappa shape index (κ3) is 2.92. The van der Waals surface area contributed by atoms with Crippen molar-refractivity contribution in [3.05, 3.63) is 66.2 Å². The summed E-state index contributed by atoms with van der Waals surface area (Å²) in [5.41, 5.74) is 4.61. The van der Waals surface area contributed by atoms with Gasteiger partial charge in [-0.2, -0.15) is 5.10 Å². The van der Waals surface area contributed by atoms with Gasteiger partial charge in [-0.25, -0.2) is 0 Å². The van der Waals surface area contributed by atoms with Crippen molar-refractivity contribution in [2.24, 2.45) is 0 Å². The zero-order chi connectivity index (χ0) is 12.9. The average molecular weight is 253 g/mol. The summed E-state index contributed by atoms with van der Waals surface area (Å²) in [6.45, 7) is 1.66. The molecule has 1 aromatic carbocycles. The number of aromatic amines is 1. The maximum Gasteiger partial charge on any atom is 0.0947 e. The highest BCUT2D eigenvalue weighted by molar-refractivity contribution is 5.58. The minimum atomic E-state index is 0.818. The van der Waals surface area contributed by atoms with E-state index in [9.17, 15) is 0 Å². The lowest BCUT2D eigenvalue weighted by Gasteiger charge is -2.04. The Morgan fingerprint density at radius 1 is 1.00 bits per heavy atom. The molecular weight excluding hydrogens is 238 g/mol. The molecule has 0 saturated carbocycles. The van der Waals surface area contributed by atoms with Crippen LogP contribution in [0.15, 0.2) is 59.5 Å². The number of nitrogens with zero attached hydrogens (tertiary/aromatic N) is 1. The molecule has 0 atom stereocenters. The van der Waals surface area contributed by atoms with E-state index in [4.69, 9.17) is 4.42 Å². The van der Waals surface area contributed by atoms with Crippen LogP contribution in [-0.2, 0) is 13.1 Å². The first-order chi connectivity index (χ1) is 9.42. The standard InChI is InChI=1S/C15H15N3O/c1-3-14(15-5-7-17-18-15)4-2-12(1)9-16-10-13-6-8-19-11-13/h1-8,11,16H,9-10H2,(H,17,18). The molecule has 4 heteroatoms. The Hall–Kier alpha value is -2.33. The molecule has 2 heterocycles. The fourth-order valence-electron chi connectivity index (χ4n) is 1.96. The van der Waals surface area contributed by atoms with Crippen LogP contribution in [0.3, 0.4) is 0 Å². The van der Waals surface area contributed by atoms with Crippen molar-refractivity contribution in [3.8, 4) is 11.3 Å². The molecule has 2 N–H and O–H groups in total. The molecule has 0 saturated heterocycles. The Bertz CT molecular complexity index is 597. The minimum absolute atomic E-state index is 0.818.